The first kappa shape index (κ1) is 10.6. The van der Waals surface area contributed by atoms with Crippen molar-refractivity contribution in [2.75, 3.05) is 18.9 Å². The first-order valence-electron chi connectivity index (χ1n) is 5.70. The van der Waals surface area contributed by atoms with Crippen molar-refractivity contribution in [1.82, 2.24) is 9.97 Å². The van der Waals surface area contributed by atoms with Gasteiger partial charge in [-0.3, -0.25) is 4.99 Å². The Kier molecular flexibility index (Phi) is 2.34. The van der Waals surface area contributed by atoms with Gasteiger partial charge >= 0.3 is 0 Å². The van der Waals surface area contributed by atoms with Crippen LogP contribution in [0.4, 0.5) is 5.82 Å². The number of nitrogen functional groups attached to an aromatic ring is 1. The van der Waals surface area contributed by atoms with E-state index in [1.54, 1.807) is 6.21 Å². The summed E-state index contributed by atoms with van der Waals surface area (Å²) < 4.78 is 5.38. The fourth-order valence-electron chi connectivity index (χ4n) is 2.42. The summed E-state index contributed by atoms with van der Waals surface area (Å²) in [6.07, 6.45) is 4.67. The van der Waals surface area contributed by atoms with Gasteiger partial charge in [-0.2, -0.15) is 0 Å². The normalized spacial score (nSPS) is 31.5. The van der Waals surface area contributed by atoms with Gasteiger partial charge in [-0.25, -0.2) is 9.97 Å². The number of nitrogens with zero attached hydrogens (tertiary/aromatic N) is 3. The zero-order valence-corrected chi connectivity index (χ0v) is 9.47. The molecule has 17 heavy (non-hydrogen) atoms. The van der Waals surface area contributed by atoms with Gasteiger partial charge in [0.1, 0.15) is 17.8 Å². The number of nitrogens with two attached hydrogens (primary N) is 2. The van der Waals surface area contributed by atoms with Crippen LogP contribution in [0.2, 0.25) is 0 Å². The second-order valence-corrected chi connectivity index (χ2v) is 4.61. The Morgan fingerprint density at radius 1 is 1.41 bits per heavy atom. The summed E-state index contributed by atoms with van der Waals surface area (Å²) in [5.74, 6) is 0.737. The number of hydrogen-bond donors (Lipinski definition) is 2. The third-order valence-electron chi connectivity index (χ3n) is 3.54. The third-order valence-corrected chi connectivity index (χ3v) is 3.54. The molecule has 3 heterocycles. The number of aromatic nitrogens is 2. The molecule has 3 rings (SSSR count). The van der Waals surface area contributed by atoms with Crippen molar-refractivity contribution in [3.63, 3.8) is 0 Å². The largest absolute Gasteiger partial charge is 0.383 e. The number of ether oxygens (including phenoxy) is 1. The van der Waals surface area contributed by atoms with Crippen LogP contribution < -0.4 is 11.5 Å². The van der Waals surface area contributed by atoms with E-state index in [0.717, 1.165) is 24.3 Å². The Labute approximate surface area is 99.1 Å². The van der Waals surface area contributed by atoms with Crippen molar-refractivity contribution in [1.29, 1.82) is 0 Å². The van der Waals surface area contributed by atoms with Gasteiger partial charge in [-0.1, -0.05) is 0 Å². The van der Waals surface area contributed by atoms with Crippen molar-refractivity contribution in [3.05, 3.63) is 17.6 Å². The van der Waals surface area contributed by atoms with Gasteiger partial charge in [0.2, 0.25) is 0 Å². The molecule has 1 aromatic rings. The molecule has 0 aliphatic carbocycles. The van der Waals surface area contributed by atoms with Crippen LogP contribution in [-0.2, 0) is 11.2 Å². The summed E-state index contributed by atoms with van der Waals surface area (Å²) in [7, 11) is 0. The molecule has 2 atom stereocenters. The summed E-state index contributed by atoms with van der Waals surface area (Å²) in [4.78, 5) is 12.6. The minimum atomic E-state index is -0.623. The lowest BCUT2D eigenvalue weighted by atomic mass is 9.85. The topological polar surface area (TPSA) is 99.4 Å². The maximum absolute atomic E-state index is 6.36. The lowest BCUT2D eigenvalue weighted by Gasteiger charge is -2.33. The summed E-state index contributed by atoms with van der Waals surface area (Å²) in [5, 5.41) is 0. The van der Waals surface area contributed by atoms with E-state index in [2.05, 4.69) is 15.0 Å². The molecule has 6 heteroatoms. The fraction of sp³-hybridized carbons (Fsp3) is 0.545. The Morgan fingerprint density at radius 3 is 3.06 bits per heavy atom. The standard InChI is InChI=1S/C11H15N5O/c12-10-8-3-11(13,7-1-2-17-5-7)16-4-9(8)14-6-15-10/h4,6-7H,1-3,5,13H2,(H2,12,14,15)/t7-,11?/m1/s1. The van der Waals surface area contributed by atoms with Crippen LogP contribution in [0.25, 0.3) is 0 Å². The molecule has 1 aromatic heterocycles. The summed E-state index contributed by atoms with van der Waals surface area (Å²) in [6, 6.07) is 0. The van der Waals surface area contributed by atoms with Crippen LogP contribution in [0.15, 0.2) is 11.3 Å². The first-order chi connectivity index (χ1) is 8.19. The van der Waals surface area contributed by atoms with Gasteiger partial charge in [0.25, 0.3) is 0 Å². The van der Waals surface area contributed by atoms with Gasteiger partial charge in [0.15, 0.2) is 0 Å². The van der Waals surface area contributed by atoms with E-state index in [1.165, 1.54) is 6.33 Å². The number of hydrogen-bond acceptors (Lipinski definition) is 6. The fourth-order valence-corrected chi connectivity index (χ4v) is 2.42. The molecular weight excluding hydrogens is 218 g/mol. The first-order valence-corrected chi connectivity index (χ1v) is 5.70. The molecule has 0 amide bonds. The van der Waals surface area contributed by atoms with Gasteiger partial charge in [-0.15, -0.1) is 0 Å². The van der Waals surface area contributed by atoms with E-state index in [0.29, 0.717) is 18.8 Å². The van der Waals surface area contributed by atoms with E-state index < -0.39 is 5.66 Å². The summed E-state index contributed by atoms with van der Waals surface area (Å²) in [6.45, 7) is 1.42. The molecule has 1 fully saturated rings. The van der Waals surface area contributed by atoms with E-state index in [9.17, 15) is 0 Å². The second-order valence-electron chi connectivity index (χ2n) is 4.61. The second kappa shape index (κ2) is 3.75. The predicted octanol–water partition coefficient (Wildman–Crippen LogP) is -0.275. The van der Waals surface area contributed by atoms with Crippen molar-refractivity contribution in [2.24, 2.45) is 16.6 Å². The van der Waals surface area contributed by atoms with Crippen LogP contribution in [0.5, 0.6) is 0 Å². The van der Waals surface area contributed by atoms with Crippen molar-refractivity contribution in [2.45, 2.75) is 18.5 Å². The Balaban J connectivity index is 1.96. The predicted molar refractivity (Wildman–Crippen MR) is 63.6 cm³/mol. The molecule has 1 unspecified atom stereocenters. The van der Waals surface area contributed by atoms with Crippen molar-refractivity contribution in [3.8, 4) is 0 Å². The third kappa shape index (κ3) is 1.69. The molecule has 1 saturated heterocycles. The van der Waals surface area contributed by atoms with Crippen molar-refractivity contribution >= 4 is 12.0 Å². The lowest BCUT2D eigenvalue weighted by Crippen LogP contribution is -2.49. The Morgan fingerprint density at radius 2 is 2.29 bits per heavy atom. The Hall–Kier alpha value is -1.53. The molecule has 90 valence electrons. The molecule has 0 saturated carbocycles. The van der Waals surface area contributed by atoms with Crippen molar-refractivity contribution < 1.29 is 4.74 Å². The summed E-state index contributed by atoms with van der Waals surface area (Å²) in [5.41, 5.74) is 13.3. The highest BCUT2D eigenvalue weighted by molar-refractivity contribution is 5.82. The minimum Gasteiger partial charge on any atom is -0.383 e. The average molecular weight is 233 g/mol. The van der Waals surface area contributed by atoms with Crippen LogP contribution in [0.1, 0.15) is 17.7 Å². The number of fused-ring (bicyclic) bond motifs is 1. The zero-order chi connectivity index (χ0) is 11.9. The number of aliphatic imine (C=N–C) groups is 1. The maximum Gasteiger partial charge on any atom is 0.130 e. The monoisotopic (exact) mass is 233 g/mol. The average Bonchev–Trinajstić information content (AvgIpc) is 2.85. The van der Waals surface area contributed by atoms with Gasteiger partial charge in [0.05, 0.1) is 12.3 Å². The molecule has 0 aromatic carbocycles. The SMILES string of the molecule is Nc1ncnc2c1CC(N)([C@@H]1CCOC1)N=C2. The quantitative estimate of drug-likeness (QED) is 0.695. The highest BCUT2D eigenvalue weighted by atomic mass is 16.5. The zero-order valence-electron chi connectivity index (χ0n) is 9.47. The lowest BCUT2D eigenvalue weighted by molar-refractivity contribution is 0.163. The van der Waals surface area contributed by atoms with Crippen LogP contribution in [0.3, 0.4) is 0 Å². The Bertz CT molecular complexity index is 469. The highest BCUT2D eigenvalue weighted by Crippen LogP contribution is 2.32. The van der Waals surface area contributed by atoms with Crippen LogP contribution in [0, 0.1) is 5.92 Å². The number of anilines is 1. The number of rotatable bonds is 1. The van der Waals surface area contributed by atoms with E-state index >= 15 is 0 Å². The maximum atomic E-state index is 6.36. The smallest absolute Gasteiger partial charge is 0.130 e. The van der Waals surface area contributed by atoms with Crippen LogP contribution in [-0.4, -0.2) is 35.1 Å². The van der Waals surface area contributed by atoms with E-state index in [1.807, 2.05) is 0 Å². The molecule has 6 nitrogen and oxygen atoms in total. The molecule has 2 aliphatic rings. The highest BCUT2D eigenvalue weighted by Gasteiger charge is 2.40. The minimum absolute atomic E-state index is 0.242. The summed E-state index contributed by atoms with van der Waals surface area (Å²) >= 11 is 0. The van der Waals surface area contributed by atoms with Gasteiger partial charge in [0, 0.05) is 30.7 Å². The molecule has 2 aliphatic heterocycles. The van der Waals surface area contributed by atoms with Gasteiger partial charge in [-0.05, 0) is 6.42 Å². The van der Waals surface area contributed by atoms with Crippen LogP contribution >= 0.6 is 0 Å². The molecular formula is C11H15N5O. The van der Waals surface area contributed by atoms with E-state index in [4.69, 9.17) is 16.2 Å². The van der Waals surface area contributed by atoms with E-state index in [-0.39, 0.29) is 5.92 Å². The molecule has 4 N–H and O–H groups in total. The molecule has 0 spiro atoms. The molecule has 0 bridgehead atoms. The molecule has 0 radical (unpaired) electrons. The van der Waals surface area contributed by atoms with Gasteiger partial charge < -0.3 is 16.2 Å².